The number of amides is 2. The molecule has 1 aliphatic rings. The van der Waals surface area contributed by atoms with Gasteiger partial charge in [-0.2, -0.15) is 0 Å². The van der Waals surface area contributed by atoms with E-state index in [1.807, 2.05) is 0 Å². The Morgan fingerprint density at radius 1 is 1.67 bits per heavy atom. The fourth-order valence-electron chi connectivity index (χ4n) is 1.43. The Morgan fingerprint density at radius 2 is 2.27 bits per heavy atom. The number of nitrogens with one attached hydrogen (secondary N) is 2. The minimum atomic E-state index is -0.691. The van der Waals surface area contributed by atoms with Crippen LogP contribution < -0.4 is 10.6 Å². The lowest BCUT2D eigenvalue weighted by atomic mass is 9.87. The van der Waals surface area contributed by atoms with Crippen molar-refractivity contribution >= 4 is 11.8 Å². The van der Waals surface area contributed by atoms with Gasteiger partial charge in [-0.25, -0.2) is 0 Å². The van der Waals surface area contributed by atoms with Crippen molar-refractivity contribution < 1.29 is 14.7 Å². The highest BCUT2D eigenvalue weighted by atomic mass is 16.3. The van der Waals surface area contributed by atoms with Gasteiger partial charge in [0.05, 0.1) is 17.6 Å². The number of hydrogen-bond acceptors (Lipinski definition) is 3. The Bertz CT molecular complexity index is 288. The van der Waals surface area contributed by atoms with E-state index in [4.69, 9.17) is 5.11 Å². The SMILES string of the molecule is CC(C)(CO)NC(=O)C1(C)CNC(=O)C1. The molecule has 1 unspecified atom stereocenters. The molecule has 1 heterocycles. The molecule has 2 amide bonds. The maximum atomic E-state index is 11.9. The summed E-state index contributed by atoms with van der Waals surface area (Å²) in [6.07, 6.45) is 0.209. The van der Waals surface area contributed by atoms with Crippen molar-refractivity contribution in [1.82, 2.24) is 10.6 Å². The first-order chi connectivity index (χ1) is 6.79. The first kappa shape index (κ1) is 12.0. The molecule has 86 valence electrons. The van der Waals surface area contributed by atoms with Crippen molar-refractivity contribution in [2.24, 2.45) is 5.41 Å². The molecule has 0 radical (unpaired) electrons. The molecule has 0 aromatic heterocycles. The number of rotatable bonds is 3. The third kappa shape index (κ3) is 2.68. The van der Waals surface area contributed by atoms with Gasteiger partial charge in [0.15, 0.2) is 0 Å². The van der Waals surface area contributed by atoms with Crippen LogP contribution in [0.4, 0.5) is 0 Å². The van der Waals surface area contributed by atoms with Crippen LogP contribution >= 0.6 is 0 Å². The standard InChI is InChI=1S/C10H18N2O3/c1-9(2,6-13)12-8(15)10(3)4-7(14)11-5-10/h13H,4-6H2,1-3H3,(H,11,14)(H,12,15). The van der Waals surface area contributed by atoms with E-state index in [9.17, 15) is 9.59 Å². The maximum absolute atomic E-state index is 11.9. The van der Waals surface area contributed by atoms with E-state index in [1.165, 1.54) is 0 Å². The molecule has 0 aromatic carbocycles. The first-order valence-electron chi connectivity index (χ1n) is 4.99. The monoisotopic (exact) mass is 214 g/mol. The van der Waals surface area contributed by atoms with Gasteiger partial charge in [-0.1, -0.05) is 0 Å². The lowest BCUT2D eigenvalue weighted by molar-refractivity contribution is -0.133. The van der Waals surface area contributed by atoms with E-state index in [2.05, 4.69) is 10.6 Å². The van der Waals surface area contributed by atoms with E-state index < -0.39 is 11.0 Å². The zero-order valence-electron chi connectivity index (χ0n) is 9.39. The average molecular weight is 214 g/mol. The maximum Gasteiger partial charge on any atom is 0.228 e. The van der Waals surface area contributed by atoms with Gasteiger partial charge in [0, 0.05) is 13.0 Å². The van der Waals surface area contributed by atoms with Crippen LogP contribution in [0.2, 0.25) is 0 Å². The minimum absolute atomic E-state index is 0.102. The molecule has 15 heavy (non-hydrogen) atoms. The van der Waals surface area contributed by atoms with Crippen molar-refractivity contribution in [3.8, 4) is 0 Å². The summed E-state index contributed by atoms with van der Waals surface area (Å²) < 4.78 is 0. The van der Waals surface area contributed by atoms with E-state index in [-0.39, 0.29) is 24.8 Å². The predicted molar refractivity (Wildman–Crippen MR) is 55.0 cm³/mol. The summed E-state index contributed by atoms with van der Waals surface area (Å²) in [6, 6.07) is 0. The summed E-state index contributed by atoms with van der Waals surface area (Å²) >= 11 is 0. The quantitative estimate of drug-likeness (QED) is 0.587. The first-order valence-corrected chi connectivity index (χ1v) is 4.99. The van der Waals surface area contributed by atoms with E-state index in [0.717, 1.165) is 0 Å². The molecule has 0 saturated carbocycles. The predicted octanol–water partition coefficient (Wildman–Crippen LogP) is -0.600. The summed E-state index contributed by atoms with van der Waals surface area (Å²) in [7, 11) is 0. The van der Waals surface area contributed by atoms with Crippen LogP contribution in [0.1, 0.15) is 27.2 Å². The second kappa shape index (κ2) is 3.81. The van der Waals surface area contributed by atoms with Gasteiger partial charge in [-0.05, 0) is 20.8 Å². The van der Waals surface area contributed by atoms with Crippen molar-refractivity contribution in [2.45, 2.75) is 32.7 Å². The molecule has 0 aliphatic carbocycles. The van der Waals surface area contributed by atoms with Gasteiger partial charge in [0.1, 0.15) is 0 Å². The Labute approximate surface area is 89.2 Å². The summed E-state index contributed by atoms with van der Waals surface area (Å²) in [4.78, 5) is 22.9. The van der Waals surface area contributed by atoms with Gasteiger partial charge >= 0.3 is 0 Å². The number of hydrogen-bond donors (Lipinski definition) is 3. The third-order valence-electron chi connectivity index (χ3n) is 2.62. The Hall–Kier alpha value is -1.10. The molecule has 1 atom stereocenters. The molecule has 1 aliphatic heterocycles. The molecule has 3 N–H and O–H groups in total. The third-order valence-corrected chi connectivity index (χ3v) is 2.62. The van der Waals surface area contributed by atoms with Gasteiger partial charge in [0.2, 0.25) is 11.8 Å². The highest BCUT2D eigenvalue weighted by molar-refractivity contribution is 5.92. The highest BCUT2D eigenvalue weighted by Crippen LogP contribution is 2.26. The molecule has 0 aromatic rings. The van der Waals surface area contributed by atoms with Crippen LogP contribution in [0, 0.1) is 5.41 Å². The Balaban J connectivity index is 2.65. The van der Waals surface area contributed by atoms with Crippen molar-refractivity contribution in [3.63, 3.8) is 0 Å². The molecule has 0 bridgehead atoms. The van der Waals surface area contributed by atoms with Crippen molar-refractivity contribution in [1.29, 1.82) is 0 Å². The number of carbonyl (C=O) groups excluding carboxylic acids is 2. The zero-order valence-corrected chi connectivity index (χ0v) is 9.39. The fourth-order valence-corrected chi connectivity index (χ4v) is 1.43. The molecule has 1 fully saturated rings. The number of aliphatic hydroxyl groups is 1. The number of aliphatic hydroxyl groups excluding tert-OH is 1. The molecule has 5 nitrogen and oxygen atoms in total. The van der Waals surface area contributed by atoms with Crippen LogP contribution in [-0.2, 0) is 9.59 Å². The second-order valence-electron chi connectivity index (χ2n) is 5.01. The largest absolute Gasteiger partial charge is 0.394 e. The van der Waals surface area contributed by atoms with E-state index in [0.29, 0.717) is 6.54 Å². The molecular weight excluding hydrogens is 196 g/mol. The summed E-state index contributed by atoms with van der Waals surface area (Å²) in [6.45, 7) is 5.44. The topological polar surface area (TPSA) is 78.4 Å². The Morgan fingerprint density at radius 3 is 2.67 bits per heavy atom. The summed E-state index contributed by atoms with van der Waals surface area (Å²) in [5.74, 6) is -0.297. The molecule has 0 spiro atoms. The van der Waals surface area contributed by atoms with Gasteiger partial charge in [-0.15, -0.1) is 0 Å². The highest BCUT2D eigenvalue weighted by Gasteiger charge is 2.42. The van der Waals surface area contributed by atoms with Gasteiger partial charge < -0.3 is 15.7 Å². The van der Waals surface area contributed by atoms with Gasteiger partial charge in [0.25, 0.3) is 0 Å². The van der Waals surface area contributed by atoms with Gasteiger partial charge in [-0.3, -0.25) is 9.59 Å². The van der Waals surface area contributed by atoms with Crippen LogP contribution in [0.25, 0.3) is 0 Å². The van der Waals surface area contributed by atoms with Crippen LogP contribution in [0.3, 0.4) is 0 Å². The zero-order chi connectivity index (χ0) is 11.7. The molecule has 5 heteroatoms. The fraction of sp³-hybridized carbons (Fsp3) is 0.800. The van der Waals surface area contributed by atoms with E-state index in [1.54, 1.807) is 20.8 Å². The smallest absolute Gasteiger partial charge is 0.228 e. The lowest BCUT2D eigenvalue weighted by Gasteiger charge is -2.29. The lowest BCUT2D eigenvalue weighted by Crippen LogP contribution is -2.52. The normalized spacial score (nSPS) is 26.3. The molecule has 1 saturated heterocycles. The summed E-state index contributed by atoms with van der Waals surface area (Å²) in [5.41, 5.74) is -1.34. The van der Waals surface area contributed by atoms with Crippen LogP contribution in [0.15, 0.2) is 0 Å². The molecular formula is C10H18N2O3. The van der Waals surface area contributed by atoms with Crippen LogP contribution in [-0.4, -0.2) is 35.6 Å². The Kier molecular flexibility index (Phi) is 3.04. The van der Waals surface area contributed by atoms with Crippen LogP contribution in [0.5, 0.6) is 0 Å². The molecule has 1 rings (SSSR count). The number of carbonyl (C=O) groups is 2. The summed E-state index contributed by atoms with van der Waals surface area (Å²) in [5, 5.41) is 14.4. The van der Waals surface area contributed by atoms with Crippen molar-refractivity contribution in [2.75, 3.05) is 13.2 Å². The average Bonchev–Trinajstić information content (AvgIpc) is 2.47. The van der Waals surface area contributed by atoms with Crippen molar-refractivity contribution in [3.05, 3.63) is 0 Å². The second-order valence-corrected chi connectivity index (χ2v) is 5.01. The van der Waals surface area contributed by atoms with E-state index >= 15 is 0 Å². The minimum Gasteiger partial charge on any atom is -0.394 e.